The summed E-state index contributed by atoms with van der Waals surface area (Å²) in [7, 11) is 0. The zero-order chi connectivity index (χ0) is 11.8. The second-order valence-corrected chi connectivity index (χ2v) is 4.41. The van der Waals surface area contributed by atoms with Crippen LogP contribution in [0.1, 0.15) is 58.8 Å². The molecule has 0 saturated heterocycles. The van der Waals surface area contributed by atoms with E-state index in [1.807, 2.05) is 6.21 Å². The number of nitrogens with zero attached hydrogens (tertiary/aromatic N) is 1. The molecule has 1 atom stereocenters. The van der Waals surface area contributed by atoms with Gasteiger partial charge in [-0.1, -0.05) is 26.7 Å². The maximum absolute atomic E-state index is 11.8. The number of ether oxygens (including phenoxy) is 1. The van der Waals surface area contributed by atoms with Gasteiger partial charge in [0.15, 0.2) is 0 Å². The highest BCUT2D eigenvalue weighted by atomic mass is 16.5. The lowest BCUT2D eigenvalue weighted by Crippen LogP contribution is -2.28. The summed E-state index contributed by atoms with van der Waals surface area (Å²) in [5.41, 5.74) is 0. The Hall–Kier alpha value is -0.860. The van der Waals surface area contributed by atoms with Gasteiger partial charge in [-0.25, -0.2) is 4.79 Å². The highest BCUT2D eigenvalue weighted by molar-refractivity contribution is 5.79. The van der Waals surface area contributed by atoms with Crippen molar-refractivity contribution in [2.45, 2.75) is 70.9 Å². The molecule has 0 aromatic carbocycles. The SMILES string of the molecule is CCCC(CCC)OC(=O)C1CCCC=N1. The molecular formula is C13H23NO2. The largest absolute Gasteiger partial charge is 0.461 e. The molecule has 0 amide bonds. The quantitative estimate of drug-likeness (QED) is 0.651. The Labute approximate surface area is 98.3 Å². The van der Waals surface area contributed by atoms with Gasteiger partial charge in [0.1, 0.15) is 12.1 Å². The number of carbonyl (C=O) groups is 1. The molecule has 0 fully saturated rings. The van der Waals surface area contributed by atoms with E-state index in [0.29, 0.717) is 0 Å². The first kappa shape index (κ1) is 13.2. The fourth-order valence-electron chi connectivity index (χ4n) is 2.01. The van der Waals surface area contributed by atoms with Crippen LogP contribution < -0.4 is 0 Å². The summed E-state index contributed by atoms with van der Waals surface area (Å²) in [6.07, 6.45) is 8.90. The molecule has 0 aliphatic carbocycles. The number of hydrogen-bond donors (Lipinski definition) is 0. The molecule has 0 aromatic rings. The Morgan fingerprint density at radius 1 is 1.44 bits per heavy atom. The zero-order valence-electron chi connectivity index (χ0n) is 10.4. The number of esters is 1. The molecule has 0 saturated carbocycles. The van der Waals surface area contributed by atoms with E-state index in [2.05, 4.69) is 18.8 Å². The topological polar surface area (TPSA) is 38.7 Å². The maximum Gasteiger partial charge on any atom is 0.331 e. The zero-order valence-corrected chi connectivity index (χ0v) is 10.4. The third-order valence-corrected chi connectivity index (χ3v) is 2.87. The van der Waals surface area contributed by atoms with Gasteiger partial charge in [-0.15, -0.1) is 0 Å². The van der Waals surface area contributed by atoms with Crippen LogP contribution in [-0.2, 0) is 9.53 Å². The molecule has 1 aliphatic heterocycles. The van der Waals surface area contributed by atoms with E-state index in [-0.39, 0.29) is 18.1 Å². The van der Waals surface area contributed by atoms with Crippen LogP contribution in [0.2, 0.25) is 0 Å². The lowest BCUT2D eigenvalue weighted by atomic mass is 10.1. The van der Waals surface area contributed by atoms with Gasteiger partial charge >= 0.3 is 5.97 Å². The maximum atomic E-state index is 11.8. The minimum atomic E-state index is -0.232. The molecule has 0 bridgehead atoms. The predicted molar refractivity (Wildman–Crippen MR) is 65.8 cm³/mol. The van der Waals surface area contributed by atoms with Crippen LogP contribution in [0.4, 0.5) is 0 Å². The normalized spacial score (nSPS) is 20.1. The van der Waals surface area contributed by atoms with Crippen molar-refractivity contribution < 1.29 is 9.53 Å². The minimum absolute atomic E-state index is 0.0969. The number of hydrogen-bond acceptors (Lipinski definition) is 3. The molecule has 1 unspecified atom stereocenters. The standard InChI is InChI=1S/C13H23NO2/c1-3-7-11(8-4-2)16-13(15)12-9-5-6-10-14-12/h10-12H,3-9H2,1-2H3. The molecule has 3 heteroatoms. The summed E-state index contributed by atoms with van der Waals surface area (Å²) in [6, 6.07) is -0.232. The number of carbonyl (C=O) groups excluding carboxylic acids is 1. The van der Waals surface area contributed by atoms with Crippen LogP contribution in [0.3, 0.4) is 0 Å². The fourth-order valence-corrected chi connectivity index (χ4v) is 2.01. The smallest absolute Gasteiger partial charge is 0.331 e. The summed E-state index contributed by atoms with van der Waals surface area (Å²) in [4.78, 5) is 16.0. The van der Waals surface area contributed by atoms with E-state index < -0.39 is 0 Å². The van der Waals surface area contributed by atoms with Crippen LogP contribution in [0.25, 0.3) is 0 Å². The van der Waals surface area contributed by atoms with Gasteiger partial charge < -0.3 is 4.74 Å². The number of rotatable bonds is 6. The molecular weight excluding hydrogens is 202 g/mol. The lowest BCUT2D eigenvalue weighted by Gasteiger charge is -2.20. The molecule has 3 nitrogen and oxygen atoms in total. The summed E-state index contributed by atoms with van der Waals surface area (Å²) >= 11 is 0. The fraction of sp³-hybridized carbons (Fsp3) is 0.846. The van der Waals surface area contributed by atoms with Gasteiger partial charge in [-0.05, 0) is 38.3 Å². The Balaban J connectivity index is 2.40. The van der Waals surface area contributed by atoms with Gasteiger partial charge in [0.25, 0.3) is 0 Å². The predicted octanol–water partition coefficient (Wildman–Crippen LogP) is 3.12. The molecule has 92 valence electrons. The third kappa shape index (κ3) is 4.33. The minimum Gasteiger partial charge on any atom is -0.461 e. The first-order valence-electron chi connectivity index (χ1n) is 6.50. The van der Waals surface area contributed by atoms with Crippen molar-refractivity contribution in [3.63, 3.8) is 0 Å². The molecule has 1 heterocycles. The Morgan fingerprint density at radius 3 is 2.62 bits per heavy atom. The monoisotopic (exact) mass is 225 g/mol. The van der Waals surface area contributed by atoms with Gasteiger partial charge in [0.05, 0.1) is 0 Å². The van der Waals surface area contributed by atoms with Crippen LogP contribution >= 0.6 is 0 Å². The van der Waals surface area contributed by atoms with E-state index in [4.69, 9.17) is 4.74 Å². The first-order chi connectivity index (χ1) is 7.77. The van der Waals surface area contributed by atoms with E-state index in [0.717, 1.165) is 44.9 Å². The van der Waals surface area contributed by atoms with Crippen LogP contribution in [0.15, 0.2) is 4.99 Å². The van der Waals surface area contributed by atoms with Gasteiger partial charge in [-0.3, -0.25) is 4.99 Å². The molecule has 0 spiro atoms. The molecule has 0 radical (unpaired) electrons. The average Bonchev–Trinajstić information content (AvgIpc) is 2.31. The molecule has 1 aliphatic rings. The Bertz CT molecular complexity index is 232. The summed E-state index contributed by atoms with van der Waals surface area (Å²) in [6.45, 7) is 4.24. The van der Waals surface area contributed by atoms with Crippen LogP contribution in [0, 0.1) is 0 Å². The van der Waals surface area contributed by atoms with Crippen molar-refractivity contribution in [1.29, 1.82) is 0 Å². The van der Waals surface area contributed by atoms with Crippen molar-refractivity contribution >= 4 is 12.2 Å². The second-order valence-electron chi connectivity index (χ2n) is 4.41. The van der Waals surface area contributed by atoms with Gasteiger partial charge in [0, 0.05) is 0 Å². The third-order valence-electron chi connectivity index (χ3n) is 2.87. The van der Waals surface area contributed by atoms with E-state index in [1.165, 1.54) is 0 Å². The molecule has 0 N–H and O–H groups in total. The Kier molecular flexibility index (Phi) is 6.12. The highest BCUT2D eigenvalue weighted by Crippen LogP contribution is 2.15. The molecule has 16 heavy (non-hydrogen) atoms. The molecule has 0 aromatic heterocycles. The van der Waals surface area contributed by atoms with Crippen molar-refractivity contribution in [3.8, 4) is 0 Å². The van der Waals surface area contributed by atoms with Crippen molar-refractivity contribution in [1.82, 2.24) is 0 Å². The summed E-state index contributed by atoms with van der Waals surface area (Å²) < 4.78 is 5.52. The highest BCUT2D eigenvalue weighted by Gasteiger charge is 2.22. The van der Waals surface area contributed by atoms with Crippen molar-refractivity contribution in [3.05, 3.63) is 0 Å². The first-order valence-corrected chi connectivity index (χ1v) is 6.50. The van der Waals surface area contributed by atoms with Gasteiger partial charge in [0.2, 0.25) is 0 Å². The average molecular weight is 225 g/mol. The van der Waals surface area contributed by atoms with E-state index in [9.17, 15) is 4.79 Å². The van der Waals surface area contributed by atoms with E-state index >= 15 is 0 Å². The summed E-state index contributed by atoms with van der Waals surface area (Å²) in [5.74, 6) is -0.122. The van der Waals surface area contributed by atoms with E-state index in [1.54, 1.807) is 0 Å². The molecule has 1 rings (SSSR count). The van der Waals surface area contributed by atoms with Crippen LogP contribution in [-0.4, -0.2) is 24.3 Å². The number of aliphatic imine (C=N–C) groups is 1. The Morgan fingerprint density at radius 2 is 2.12 bits per heavy atom. The van der Waals surface area contributed by atoms with Gasteiger partial charge in [-0.2, -0.15) is 0 Å². The van der Waals surface area contributed by atoms with Crippen LogP contribution in [0.5, 0.6) is 0 Å². The second kappa shape index (κ2) is 7.42. The van der Waals surface area contributed by atoms with Crippen molar-refractivity contribution in [2.24, 2.45) is 4.99 Å². The lowest BCUT2D eigenvalue weighted by molar-refractivity contribution is -0.151. The van der Waals surface area contributed by atoms with Crippen molar-refractivity contribution in [2.75, 3.05) is 0 Å². The summed E-state index contributed by atoms with van der Waals surface area (Å²) in [5, 5.41) is 0.